The van der Waals surface area contributed by atoms with E-state index < -0.39 is 23.3 Å². The summed E-state index contributed by atoms with van der Waals surface area (Å²) in [7, 11) is 0. The summed E-state index contributed by atoms with van der Waals surface area (Å²) < 4.78 is 21.9. The highest BCUT2D eigenvalue weighted by Gasteiger charge is 2.35. The number of carbonyl (C=O) groups is 2. The minimum atomic E-state index is -1.17. The lowest BCUT2D eigenvalue weighted by atomic mass is 10.0. The number of rotatable bonds is 8. The zero-order valence-electron chi connectivity index (χ0n) is 17.5. The van der Waals surface area contributed by atoms with Crippen LogP contribution < -0.4 is 9.47 Å². The van der Waals surface area contributed by atoms with E-state index in [9.17, 15) is 9.59 Å². The number of ether oxygens (including phenoxy) is 4. The molecule has 156 valence electrons. The fourth-order valence-electron chi connectivity index (χ4n) is 2.88. The van der Waals surface area contributed by atoms with Gasteiger partial charge in [-0.3, -0.25) is 0 Å². The third kappa shape index (κ3) is 7.58. The monoisotopic (exact) mass is 400 g/mol. The third-order valence-electron chi connectivity index (χ3n) is 4.02. The fraction of sp³-hybridized carbons (Fsp3) is 0.391. The minimum Gasteiger partial charge on any atom is -0.428 e. The summed E-state index contributed by atoms with van der Waals surface area (Å²) in [5.74, 6) is 0.356. The maximum atomic E-state index is 12.5. The van der Waals surface area contributed by atoms with Gasteiger partial charge in [-0.05, 0) is 58.9 Å². The van der Waals surface area contributed by atoms with Gasteiger partial charge in [0, 0.05) is 6.42 Å². The number of hydrogen-bond donors (Lipinski definition) is 0. The summed E-state index contributed by atoms with van der Waals surface area (Å²) in [6, 6.07) is 17.5. The predicted octanol–water partition coefficient (Wildman–Crippen LogP) is 5.16. The molecule has 1 unspecified atom stereocenters. The summed E-state index contributed by atoms with van der Waals surface area (Å²) in [5.41, 5.74) is -2.03. The van der Waals surface area contributed by atoms with Crippen molar-refractivity contribution in [2.24, 2.45) is 0 Å². The first-order chi connectivity index (χ1) is 13.6. The number of carbonyl (C=O) groups excluding carboxylic acids is 2. The molecule has 2 aromatic carbocycles. The van der Waals surface area contributed by atoms with Crippen LogP contribution >= 0.6 is 0 Å². The molecule has 0 heterocycles. The highest BCUT2D eigenvalue weighted by atomic mass is 16.7. The van der Waals surface area contributed by atoms with Crippen molar-refractivity contribution in [3.05, 3.63) is 60.7 Å². The van der Waals surface area contributed by atoms with Crippen LogP contribution in [0.1, 0.15) is 41.0 Å². The Morgan fingerprint density at radius 1 is 0.828 bits per heavy atom. The molecule has 6 nitrogen and oxygen atoms in total. The van der Waals surface area contributed by atoms with Gasteiger partial charge in [0.2, 0.25) is 0 Å². The van der Waals surface area contributed by atoms with Gasteiger partial charge >= 0.3 is 12.1 Å². The molecule has 0 radical (unpaired) electrons. The van der Waals surface area contributed by atoms with Crippen molar-refractivity contribution in [2.75, 3.05) is 0 Å². The van der Waals surface area contributed by atoms with Gasteiger partial charge in [-0.25, -0.2) is 9.59 Å². The molecule has 2 aromatic rings. The van der Waals surface area contributed by atoms with Crippen LogP contribution in [-0.2, 0) is 14.3 Å². The normalized spacial score (nSPS) is 12.7. The summed E-state index contributed by atoms with van der Waals surface area (Å²) in [4.78, 5) is 24.5. The van der Waals surface area contributed by atoms with E-state index in [-0.39, 0.29) is 6.10 Å². The van der Waals surface area contributed by atoms with Crippen LogP contribution in [0.25, 0.3) is 0 Å². The Balaban J connectivity index is 1.87. The molecule has 2 rings (SSSR count). The molecule has 0 aromatic heterocycles. The van der Waals surface area contributed by atoms with Gasteiger partial charge in [0.1, 0.15) is 17.1 Å². The molecular formula is C23H28O6. The molecule has 0 saturated heterocycles. The topological polar surface area (TPSA) is 71.1 Å². The quantitative estimate of drug-likeness (QED) is 0.346. The average Bonchev–Trinajstić information content (AvgIpc) is 2.61. The van der Waals surface area contributed by atoms with Gasteiger partial charge in [-0.2, -0.15) is 0 Å². The Morgan fingerprint density at radius 2 is 1.31 bits per heavy atom. The molecule has 0 aliphatic carbocycles. The Morgan fingerprint density at radius 3 is 1.83 bits per heavy atom. The predicted molar refractivity (Wildman–Crippen MR) is 109 cm³/mol. The lowest BCUT2D eigenvalue weighted by Gasteiger charge is -2.32. The highest BCUT2D eigenvalue weighted by Crippen LogP contribution is 2.25. The number of para-hydroxylation sites is 2. The summed E-state index contributed by atoms with van der Waals surface area (Å²) in [6.45, 7) is 8.62. The van der Waals surface area contributed by atoms with Crippen molar-refractivity contribution in [3.8, 4) is 11.5 Å². The van der Waals surface area contributed by atoms with E-state index in [2.05, 4.69) is 0 Å². The Labute approximate surface area is 171 Å². The van der Waals surface area contributed by atoms with Crippen LogP contribution in [0.2, 0.25) is 0 Å². The van der Waals surface area contributed by atoms with Crippen LogP contribution in [0.3, 0.4) is 0 Å². The van der Waals surface area contributed by atoms with Gasteiger partial charge in [0.25, 0.3) is 0 Å². The summed E-state index contributed by atoms with van der Waals surface area (Å²) in [6.07, 6.45) is -0.817. The molecule has 0 spiro atoms. The van der Waals surface area contributed by atoms with E-state index >= 15 is 0 Å². The van der Waals surface area contributed by atoms with E-state index in [4.69, 9.17) is 18.9 Å². The molecule has 0 saturated carbocycles. The van der Waals surface area contributed by atoms with Gasteiger partial charge in [-0.15, -0.1) is 0 Å². The van der Waals surface area contributed by atoms with Gasteiger partial charge in [-0.1, -0.05) is 36.4 Å². The van der Waals surface area contributed by atoms with Crippen LogP contribution in [0, 0.1) is 0 Å². The molecule has 0 aliphatic rings. The third-order valence-corrected chi connectivity index (χ3v) is 4.02. The maximum absolute atomic E-state index is 12.5. The van der Waals surface area contributed by atoms with Crippen LogP contribution in [-0.4, -0.2) is 29.4 Å². The lowest BCUT2D eigenvalue weighted by Crippen LogP contribution is -2.43. The smallest absolute Gasteiger partial charge is 0.428 e. The molecular weight excluding hydrogens is 372 g/mol. The van der Waals surface area contributed by atoms with E-state index in [1.165, 1.54) is 0 Å². The Bertz CT molecular complexity index is 799. The summed E-state index contributed by atoms with van der Waals surface area (Å²) >= 11 is 0. The summed E-state index contributed by atoms with van der Waals surface area (Å²) in [5, 5.41) is 0. The second kappa shape index (κ2) is 9.56. The molecule has 0 bridgehead atoms. The van der Waals surface area contributed by atoms with Crippen LogP contribution in [0.15, 0.2) is 60.7 Å². The van der Waals surface area contributed by atoms with Crippen LogP contribution in [0.4, 0.5) is 4.79 Å². The zero-order chi connectivity index (χ0) is 21.5. The fourth-order valence-corrected chi connectivity index (χ4v) is 2.88. The minimum absolute atomic E-state index is 0.360. The SMILES string of the molecule is CC(CC(C)(C)OC(=O)Oc1ccccc1)OC(C)(C)C(=O)Oc1ccccc1. The Kier molecular flexibility index (Phi) is 7.40. The molecule has 29 heavy (non-hydrogen) atoms. The average molecular weight is 400 g/mol. The van der Waals surface area contributed by atoms with Crippen LogP contribution in [0.5, 0.6) is 11.5 Å². The molecule has 0 fully saturated rings. The van der Waals surface area contributed by atoms with Gasteiger partial charge < -0.3 is 18.9 Å². The standard InChI is InChI=1S/C23H28O6/c1-17(28-23(4,5)20(24)26-18-12-8-6-9-13-18)16-22(2,3)29-21(25)27-19-14-10-7-11-15-19/h6-15,17H,16H2,1-5H3. The van der Waals surface area contributed by atoms with Gasteiger partial charge in [0.05, 0.1) is 6.10 Å². The van der Waals surface area contributed by atoms with E-state index in [0.29, 0.717) is 17.9 Å². The lowest BCUT2D eigenvalue weighted by molar-refractivity contribution is -0.167. The van der Waals surface area contributed by atoms with E-state index in [0.717, 1.165) is 0 Å². The van der Waals surface area contributed by atoms with Gasteiger partial charge in [0.15, 0.2) is 5.60 Å². The zero-order valence-corrected chi connectivity index (χ0v) is 17.5. The van der Waals surface area contributed by atoms with Crippen molar-refractivity contribution in [1.29, 1.82) is 0 Å². The van der Waals surface area contributed by atoms with E-state index in [1.807, 2.05) is 19.1 Å². The number of esters is 1. The van der Waals surface area contributed by atoms with Crippen molar-refractivity contribution < 1.29 is 28.5 Å². The number of hydrogen-bond acceptors (Lipinski definition) is 6. The largest absolute Gasteiger partial charge is 0.514 e. The second-order valence-corrected chi connectivity index (χ2v) is 7.87. The Hall–Kier alpha value is -2.86. The van der Waals surface area contributed by atoms with Crippen molar-refractivity contribution in [1.82, 2.24) is 0 Å². The van der Waals surface area contributed by atoms with Crippen molar-refractivity contribution in [2.45, 2.75) is 58.3 Å². The molecule has 0 aliphatic heterocycles. The number of benzene rings is 2. The van der Waals surface area contributed by atoms with E-state index in [1.54, 1.807) is 76.2 Å². The maximum Gasteiger partial charge on any atom is 0.514 e. The first kappa shape index (κ1) is 22.4. The van der Waals surface area contributed by atoms with Crippen molar-refractivity contribution in [3.63, 3.8) is 0 Å². The first-order valence-corrected chi connectivity index (χ1v) is 9.48. The molecule has 0 N–H and O–H groups in total. The highest BCUT2D eigenvalue weighted by molar-refractivity contribution is 5.80. The molecule has 1 atom stereocenters. The van der Waals surface area contributed by atoms with Crippen molar-refractivity contribution >= 4 is 12.1 Å². The molecule has 0 amide bonds. The first-order valence-electron chi connectivity index (χ1n) is 9.48. The second-order valence-electron chi connectivity index (χ2n) is 7.87. The molecule has 6 heteroatoms.